The first-order chi connectivity index (χ1) is 15.7. The van der Waals surface area contributed by atoms with E-state index in [1.165, 1.54) is 0 Å². The number of hydrogen-bond acceptors (Lipinski definition) is 6. The maximum atomic E-state index is 12.7. The monoisotopic (exact) mass is 467 g/mol. The van der Waals surface area contributed by atoms with Gasteiger partial charge in [0, 0.05) is 43.7 Å². The third-order valence-corrected chi connectivity index (χ3v) is 5.29. The fourth-order valence-electron chi connectivity index (χ4n) is 3.83. The van der Waals surface area contributed by atoms with Crippen LogP contribution in [0, 0.1) is 0 Å². The number of amides is 1. The van der Waals surface area contributed by atoms with Crippen LogP contribution in [0.4, 0.5) is 13.2 Å². The number of carbonyl (C=O) groups is 2. The maximum absolute atomic E-state index is 12.7. The molecule has 4 rings (SSSR count). The Morgan fingerprint density at radius 1 is 1.18 bits per heavy atom. The molecule has 1 N–H and O–H groups in total. The number of rotatable bonds is 4. The topological polar surface area (TPSA) is 102 Å². The number of hydrogen-bond donors (Lipinski definition) is 1. The number of halogens is 3. The number of carboxylic acid groups (broad SMARTS) is 1. The van der Waals surface area contributed by atoms with Crippen molar-refractivity contribution in [3.05, 3.63) is 54.5 Å². The molecule has 2 fully saturated rings. The fourth-order valence-corrected chi connectivity index (χ4v) is 3.83. The smallest absolute Gasteiger partial charge is 0.475 e. The summed E-state index contributed by atoms with van der Waals surface area (Å²) >= 11 is 0. The van der Waals surface area contributed by atoms with Crippen molar-refractivity contribution in [2.75, 3.05) is 19.7 Å². The van der Waals surface area contributed by atoms with Crippen molar-refractivity contribution in [1.29, 1.82) is 0 Å². The number of alkyl halides is 3. The van der Waals surface area contributed by atoms with Gasteiger partial charge in [-0.25, -0.2) is 9.78 Å². The highest BCUT2D eigenvalue weighted by molar-refractivity contribution is 5.78. The Hall–Kier alpha value is -3.21. The highest BCUT2D eigenvalue weighted by atomic mass is 19.4. The predicted molar refractivity (Wildman–Crippen MR) is 109 cm³/mol. The maximum Gasteiger partial charge on any atom is 0.490 e. The summed E-state index contributed by atoms with van der Waals surface area (Å²) in [6.07, 6.45) is 1.38. The predicted octanol–water partition coefficient (Wildman–Crippen LogP) is 2.88. The van der Waals surface area contributed by atoms with Crippen molar-refractivity contribution in [3.63, 3.8) is 0 Å². The molecule has 2 aliphatic heterocycles. The van der Waals surface area contributed by atoms with E-state index in [2.05, 4.69) is 9.97 Å². The molecule has 2 aromatic rings. The minimum atomic E-state index is -5.08. The zero-order chi connectivity index (χ0) is 23.9. The Labute approximate surface area is 188 Å². The number of likely N-dealkylation sites (tertiary alicyclic amines) is 1. The van der Waals surface area contributed by atoms with Crippen LogP contribution in [0.25, 0.3) is 0 Å². The summed E-state index contributed by atoms with van der Waals surface area (Å²) in [5.41, 5.74) is 0.512. The van der Waals surface area contributed by atoms with Gasteiger partial charge in [-0.05, 0) is 31.0 Å². The minimum absolute atomic E-state index is 0.0178. The number of piperidine rings is 1. The van der Waals surface area contributed by atoms with Gasteiger partial charge in [-0.1, -0.05) is 12.1 Å². The minimum Gasteiger partial charge on any atom is -0.475 e. The van der Waals surface area contributed by atoms with Crippen LogP contribution in [-0.2, 0) is 20.7 Å². The van der Waals surface area contributed by atoms with Gasteiger partial charge in [-0.3, -0.25) is 9.78 Å². The van der Waals surface area contributed by atoms with E-state index >= 15 is 0 Å². The summed E-state index contributed by atoms with van der Waals surface area (Å²) in [7, 11) is 0. The van der Waals surface area contributed by atoms with E-state index < -0.39 is 12.1 Å². The van der Waals surface area contributed by atoms with Crippen LogP contribution < -0.4 is 4.74 Å². The first-order valence-electron chi connectivity index (χ1n) is 10.4. The quantitative estimate of drug-likeness (QED) is 0.738. The molecule has 1 spiro atoms. The average Bonchev–Trinajstić information content (AvgIpc) is 3.16. The van der Waals surface area contributed by atoms with Crippen LogP contribution in [-0.4, -0.2) is 69.4 Å². The third kappa shape index (κ3) is 7.14. The molecule has 2 aliphatic rings. The van der Waals surface area contributed by atoms with Gasteiger partial charge in [-0.15, -0.1) is 0 Å². The summed E-state index contributed by atoms with van der Waals surface area (Å²) in [4.78, 5) is 32.0. The van der Waals surface area contributed by atoms with Crippen LogP contribution >= 0.6 is 0 Å². The van der Waals surface area contributed by atoms with Crippen LogP contribution in [0.1, 0.15) is 25.0 Å². The largest absolute Gasteiger partial charge is 0.490 e. The van der Waals surface area contributed by atoms with Crippen molar-refractivity contribution < 1.29 is 37.3 Å². The molecule has 2 saturated heterocycles. The Bertz CT molecular complexity index is 930. The zero-order valence-electron chi connectivity index (χ0n) is 17.7. The Kier molecular flexibility index (Phi) is 7.85. The van der Waals surface area contributed by atoms with Crippen LogP contribution in [0.3, 0.4) is 0 Å². The van der Waals surface area contributed by atoms with Crippen molar-refractivity contribution in [2.24, 2.45) is 0 Å². The Balaban J connectivity index is 0.000000383. The number of aliphatic carboxylic acids is 1. The molecule has 0 radical (unpaired) electrons. The molecule has 0 bridgehead atoms. The molecule has 0 aromatic carbocycles. The number of aromatic nitrogens is 2. The van der Waals surface area contributed by atoms with E-state index in [-0.39, 0.29) is 17.6 Å². The van der Waals surface area contributed by atoms with Crippen molar-refractivity contribution in [1.82, 2.24) is 14.9 Å². The van der Waals surface area contributed by atoms with Crippen LogP contribution in [0.15, 0.2) is 48.8 Å². The Morgan fingerprint density at radius 2 is 1.88 bits per heavy atom. The van der Waals surface area contributed by atoms with Gasteiger partial charge >= 0.3 is 12.1 Å². The fraction of sp³-hybridized carbons (Fsp3) is 0.455. The molecular weight excluding hydrogens is 443 g/mol. The van der Waals surface area contributed by atoms with E-state index in [0.29, 0.717) is 25.5 Å². The van der Waals surface area contributed by atoms with Gasteiger partial charge in [0.1, 0.15) is 6.10 Å². The van der Waals surface area contributed by atoms with E-state index in [0.717, 1.165) is 31.5 Å². The molecule has 2 atom stereocenters. The van der Waals surface area contributed by atoms with Gasteiger partial charge in [0.2, 0.25) is 11.8 Å². The van der Waals surface area contributed by atoms with Gasteiger partial charge in [0.15, 0.2) is 0 Å². The number of ether oxygens (including phenoxy) is 2. The second-order valence-electron chi connectivity index (χ2n) is 7.83. The zero-order valence-corrected chi connectivity index (χ0v) is 17.7. The van der Waals surface area contributed by atoms with E-state index in [9.17, 15) is 18.0 Å². The van der Waals surface area contributed by atoms with Crippen LogP contribution in [0.5, 0.6) is 5.88 Å². The lowest BCUT2D eigenvalue weighted by Gasteiger charge is -2.39. The summed E-state index contributed by atoms with van der Waals surface area (Å²) in [6, 6.07) is 11.3. The lowest BCUT2D eigenvalue weighted by Crippen LogP contribution is -2.50. The van der Waals surface area contributed by atoms with E-state index in [1.54, 1.807) is 12.4 Å². The highest BCUT2D eigenvalue weighted by Gasteiger charge is 2.45. The molecule has 178 valence electrons. The molecular formula is C22H24F3N3O5. The van der Waals surface area contributed by atoms with Gasteiger partial charge in [0.05, 0.1) is 18.6 Å². The summed E-state index contributed by atoms with van der Waals surface area (Å²) in [6.45, 7) is 1.95. The Morgan fingerprint density at radius 3 is 2.48 bits per heavy atom. The third-order valence-electron chi connectivity index (χ3n) is 5.29. The molecule has 11 heteroatoms. The average molecular weight is 467 g/mol. The molecule has 33 heavy (non-hydrogen) atoms. The number of nitrogens with zero attached hydrogens (tertiary/aromatic N) is 3. The molecule has 2 aromatic heterocycles. The second kappa shape index (κ2) is 10.6. The van der Waals surface area contributed by atoms with Gasteiger partial charge < -0.3 is 19.5 Å². The van der Waals surface area contributed by atoms with Gasteiger partial charge in [0.25, 0.3) is 0 Å². The molecule has 4 heterocycles. The van der Waals surface area contributed by atoms with Crippen LogP contribution in [0.2, 0.25) is 0 Å². The summed E-state index contributed by atoms with van der Waals surface area (Å²) in [5.74, 6) is -2.02. The van der Waals surface area contributed by atoms with E-state index in [4.69, 9.17) is 19.4 Å². The van der Waals surface area contributed by atoms with Gasteiger partial charge in [-0.2, -0.15) is 13.2 Å². The molecule has 0 unspecified atom stereocenters. The standard InChI is InChI=1S/C20H23N3O3.C2HF3O2/c24-19(12-16-6-1-3-9-21-16)23-11-5-8-20(15-23)13-17(14-25-20)26-18-7-2-4-10-22-18;3-2(4,5)1(6)7/h1-4,6-7,9-10,17H,5,8,11-15H2;(H,6,7)/t17-,20-;/m0./s1. The molecule has 8 nitrogen and oxygen atoms in total. The molecule has 0 aliphatic carbocycles. The lowest BCUT2D eigenvalue weighted by atomic mass is 9.89. The van der Waals surface area contributed by atoms with Crippen molar-refractivity contribution in [3.8, 4) is 5.88 Å². The first kappa shape index (κ1) is 24.4. The number of carboxylic acids is 1. The first-order valence-corrected chi connectivity index (χ1v) is 10.4. The summed E-state index contributed by atoms with van der Waals surface area (Å²) in [5, 5.41) is 7.12. The number of pyridine rings is 2. The number of carbonyl (C=O) groups excluding carboxylic acids is 1. The van der Waals surface area contributed by atoms with Crippen molar-refractivity contribution >= 4 is 11.9 Å². The second-order valence-corrected chi connectivity index (χ2v) is 7.83. The van der Waals surface area contributed by atoms with E-state index in [1.807, 2.05) is 41.3 Å². The van der Waals surface area contributed by atoms with Crippen molar-refractivity contribution in [2.45, 2.75) is 43.6 Å². The SMILES string of the molecule is O=C(Cc1ccccn1)N1CCC[C@]2(C[C@H](Oc3ccccn3)CO2)C1.O=C(O)C(F)(F)F. The summed E-state index contributed by atoms with van der Waals surface area (Å²) < 4.78 is 43.8. The lowest BCUT2D eigenvalue weighted by molar-refractivity contribution is -0.192. The highest BCUT2D eigenvalue weighted by Crippen LogP contribution is 2.36. The normalized spacial score (nSPS) is 22.4. The molecule has 1 amide bonds. The molecule has 0 saturated carbocycles.